The molecule has 0 bridgehead atoms. The Morgan fingerprint density at radius 3 is 2.23 bits per heavy atom. The molecule has 2 nitrogen and oxygen atoms in total. The lowest BCUT2D eigenvalue weighted by Gasteiger charge is -2.01. The molecule has 0 aromatic heterocycles. The van der Waals surface area contributed by atoms with Crippen molar-refractivity contribution in [1.82, 2.24) is 0 Å². The summed E-state index contributed by atoms with van der Waals surface area (Å²) in [5.41, 5.74) is 8.39. The Kier molecular flexibility index (Phi) is 5.60. The van der Waals surface area contributed by atoms with Crippen LogP contribution in [-0.2, 0) is 11.2 Å². The molecule has 1 aromatic rings. The summed E-state index contributed by atoms with van der Waals surface area (Å²) in [5.74, 6) is 0. The first kappa shape index (κ1) is 11.7. The Morgan fingerprint density at radius 1 is 1.31 bits per heavy atom. The van der Waals surface area contributed by atoms with E-state index >= 15 is 0 Å². The minimum absolute atomic E-state index is 0.250. The number of hydrogen-bond donors (Lipinski definition) is 1. The molecule has 2 heteroatoms. The minimum Gasteiger partial charge on any atom is -0.372 e. The number of rotatable bonds is 1. The van der Waals surface area contributed by atoms with Gasteiger partial charge in [0.1, 0.15) is 0 Å². The van der Waals surface area contributed by atoms with Crippen LogP contribution in [0, 0.1) is 13.8 Å². The van der Waals surface area contributed by atoms with E-state index in [4.69, 9.17) is 4.79 Å². The van der Waals surface area contributed by atoms with Gasteiger partial charge in [-0.1, -0.05) is 25.1 Å². The lowest BCUT2D eigenvalue weighted by Crippen LogP contribution is -1.84. The molecule has 0 saturated carbocycles. The third-order valence-electron chi connectivity index (χ3n) is 1.98. The van der Waals surface area contributed by atoms with Crippen LogP contribution in [-0.4, -0.2) is 6.41 Å². The fraction of sp³-hybridized carbons (Fsp3) is 0.364. The number of hydrogen-bond acceptors (Lipinski definition) is 1. The zero-order valence-corrected chi connectivity index (χ0v) is 8.50. The fourth-order valence-corrected chi connectivity index (χ4v) is 1.02. The van der Waals surface area contributed by atoms with Crippen LogP contribution in [0.3, 0.4) is 0 Å². The van der Waals surface area contributed by atoms with Crippen LogP contribution in [0.25, 0.3) is 0 Å². The highest BCUT2D eigenvalue weighted by atomic mass is 16.1. The second-order valence-electron chi connectivity index (χ2n) is 2.91. The Bertz CT molecular complexity index is 269. The summed E-state index contributed by atoms with van der Waals surface area (Å²) in [6.07, 6.45) is 1.39. The summed E-state index contributed by atoms with van der Waals surface area (Å²) in [6, 6.07) is 6.64. The van der Waals surface area contributed by atoms with Crippen molar-refractivity contribution in [1.29, 1.82) is 0 Å². The van der Waals surface area contributed by atoms with Crippen LogP contribution < -0.4 is 5.73 Å². The molecule has 0 atom stereocenters. The van der Waals surface area contributed by atoms with Gasteiger partial charge < -0.3 is 5.73 Å². The highest BCUT2D eigenvalue weighted by Gasteiger charge is 1.92. The maximum atomic E-state index is 8.58. The van der Waals surface area contributed by atoms with Crippen molar-refractivity contribution >= 4 is 6.41 Å². The molecule has 0 saturated heterocycles. The highest BCUT2D eigenvalue weighted by molar-refractivity contribution is 5.42. The summed E-state index contributed by atoms with van der Waals surface area (Å²) < 4.78 is 0. The maximum absolute atomic E-state index is 8.58. The third-order valence-corrected chi connectivity index (χ3v) is 1.98. The van der Waals surface area contributed by atoms with Crippen LogP contribution in [0.1, 0.15) is 23.6 Å². The van der Waals surface area contributed by atoms with E-state index in [0.29, 0.717) is 0 Å². The molecule has 1 rings (SSSR count). The molecule has 0 aliphatic carbocycles. The van der Waals surface area contributed by atoms with Crippen molar-refractivity contribution < 1.29 is 4.79 Å². The van der Waals surface area contributed by atoms with E-state index in [1.54, 1.807) is 0 Å². The molecule has 72 valence electrons. The van der Waals surface area contributed by atoms with Crippen LogP contribution in [0.2, 0.25) is 0 Å². The molecule has 0 spiro atoms. The highest BCUT2D eigenvalue weighted by Crippen LogP contribution is 2.09. The number of nitrogens with two attached hydrogens (primary N) is 1. The minimum atomic E-state index is 0.250. The second-order valence-corrected chi connectivity index (χ2v) is 2.91. The summed E-state index contributed by atoms with van der Waals surface area (Å²) in [5, 5.41) is 0. The van der Waals surface area contributed by atoms with E-state index in [-0.39, 0.29) is 6.41 Å². The first-order valence-electron chi connectivity index (χ1n) is 4.37. The Hall–Kier alpha value is -1.31. The van der Waals surface area contributed by atoms with Crippen LogP contribution in [0.4, 0.5) is 0 Å². The van der Waals surface area contributed by atoms with Gasteiger partial charge in [-0.15, -0.1) is 0 Å². The number of carbonyl (C=O) groups excluding carboxylic acids is 1. The van der Waals surface area contributed by atoms with Gasteiger partial charge in [0.05, 0.1) is 0 Å². The summed E-state index contributed by atoms with van der Waals surface area (Å²) in [7, 11) is 0. The van der Waals surface area contributed by atoms with Gasteiger partial charge in [-0.3, -0.25) is 4.79 Å². The first-order chi connectivity index (χ1) is 6.15. The van der Waals surface area contributed by atoms with Gasteiger partial charge in [0.2, 0.25) is 6.41 Å². The summed E-state index contributed by atoms with van der Waals surface area (Å²) in [4.78, 5) is 8.58. The lowest BCUT2D eigenvalue weighted by atomic mass is 10.1. The summed E-state index contributed by atoms with van der Waals surface area (Å²) >= 11 is 0. The largest absolute Gasteiger partial charge is 0.372 e. The van der Waals surface area contributed by atoms with Gasteiger partial charge in [-0.05, 0) is 37.0 Å². The average Bonchev–Trinajstić information content (AvgIpc) is 2.11. The van der Waals surface area contributed by atoms with Crippen LogP contribution >= 0.6 is 0 Å². The molecule has 0 aliphatic heterocycles. The zero-order chi connectivity index (χ0) is 10.3. The molecular weight excluding hydrogens is 162 g/mol. The molecule has 0 aliphatic rings. The van der Waals surface area contributed by atoms with Gasteiger partial charge in [0.15, 0.2) is 0 Å². The first-order valence-corrected chi connectivity index (χ1v) is 4.37. The molecule has 1 amide bonds. The van der Waals surface area contributed by atoms with Crippen molar-refractivity contribution in [3.05, 3.63) is 34.9 Å². The molecule has 13 heavy (non-hydrogen) atoms. The lowest BCUT2D eigenvalue weighted by molar-refractivity contribution is -0.106. The molecule has 0 heterocycles. The maximum Gasteiger partial charge on any atom is 0.204 e. The van der Waals surface area contributed by atoms with E-state index in [9.17, 15) is 0 Å². The second kappa shape index (κ2) is 6.23. The van der Waals surface area contributed by atoms with Crippen LogP contribution in [0.5, 0.6) is 0 Å². The molecule has 2 N–H and O–H groups in total. The van der Waals surface area contributed by atoms with Crippen molar-refractivity contribution in [3.63, 3.8) is 0 Å². The predicted molar refractivity (Wildman–Crippen MR) is 55.5 cm³/mol. The predicted octanol–water partition coefficient (Wildman–Crippen LogP) is 1.97. The Labute approximate surface area is 79.8 Å². The van der Waals surface area contributed by atoms with E-state index in [1.807, 2.05) is 0 Å². The van der Waals surface area contributed by atoms with Crippen LogP contribution in [0.15, 0.2) is 18.2 Å². The number of carbonyl (C=O) groups is 1. The van der Waals surface area contributed by atoms with Gasteiger partial charge in [0.25, 0.3) is 0 Å². The van der Waals surface area contributed by atoms with Gasteiger partial charge >= 0.3 is 0 Å². The molecule has 0 unspecified atom stereocenters. The van der Waals surface area contributed by atoms with E-state index in [2.05, 4.69) is 44.7 Å². The Morgan fingerprint density at radius 2 is 1.85 bits per heavy atom. The standard InChI is InChI=1S/C10H14.CH3NO/c1-4-10-6-5-8(2)9(3)7-10;2-1-3/h5-7H,4H2,1-3H3;1H,(H2,2,3). The van der Waals surface area contributed by atoms with E-state index < -0.39 is 0 Å². The van der Waals surface area contributed by atoms with Crippen molar-refractivity contribution in [2.45, 2.75) is 27.2 Å². The number of aryl methyl sites for hydroxylation is 3. The normalized spacial score (nSPS) is 8.54. The molecular formula is C11H17NO. The van der Waals surface area contributed by atoms with Gasteiger partial charge in [-0.2, -0.15) is 0 Å². The summed E-state index contributed by atoms with van der Waals surface area (Å²) in [6.45, 7) is 6.49. The third kappa shape index (κ3) is 4.31. The van der Waals surface area contributed by atoms with Crippen molar-refractivity contribution in [2.75, 3.05) is 0 Å². The average molecular weight is 179 g/mol. The van der Waals surface area contributed by atoms with E-state index in [1.165, 1.54) is 16.7 Å². The quantitative estimate of drug-likeness (QED) is 0.658. The number of amides is 1. The molecule has 1 aromatic carbocycles. The topological polar surface area (TPSA) is 43.1 Å². The van der Waals surface area contributed by atoms with Gasteiger partial charge in [-0.25, -0.2) is 0 Å². The molecule has 0 fully saturated rings. The number of benzene rings is 1. The van der Waals surface area contributed by atoms with E-state index in [0.717, 1.165) is 6.42 Å². The van der Waals surface area contributed by atoms with Crippen molar-refractivity contribution in [2.24, 2.45) is 5.73 Å². The van der Waals surface area contributed by atoms with Gasteiger partial charge in [0, 0.05) is 0 Å². The zero-order valence-electron chi connectivity index (χ0n) is 8.50. The van der Waals surface area contributed by atoms with Crippen molar-refractivity contribution in [3.8, 4) is 0 Å². The Balaban J connectivity index is 0.000000424. The molecule has 0 radical (unpaired) electrons. The number of primary amides is 1. The SMILES string of the molecule is CCc1ccc(C)c(C)c1.NC=O. The smallest absolute Gasteiger partial charge is 0.204 e. The fourth-order valence-electron chi connectivity index (χ4n) is 1.02. The monoisotopic (exact) mass is 179 g/mol.